The van der Waals surface area contributed by atoms with Crippen molar-refractivity contribution in [1.82, 2.24) is 0 Å². The predicted molar refractivity (Wildman–Crippen MR) is 61.9 cm³/mol. The highest BCUT2D eigenvalue weighted by Crippen LogP contribution is 2.49. The second kappa shape index (κ2) is 3.88. The van der Waals surface area contributed by atoms with Gasteiger partial charge < -0.3 is 10.1 Å². The molecular formula is C13H12F3NO2. The van der Waals surface area contributed by atoms with Crippen molar-refractivity contribution in [1.29, 1.82) is 0 Å². The Balaban J connectivity index is 2.01. The summed E-state index contributed by atoms with van der Waals surface area (Å²) in [6.45, 7) is 0. The minimum Gasteiger partial charge on any atom is -0.406 e. The van der Waals surface area contributed by atoms with E-state index >= 15 is 0 Å². The highest BCUT2D eigenvalue weighted by atomic mass is 19.4. The molecule has 1 aromatic carbocycles. The van der Waals surface area contributed by atoms with E-state index in [4.69, 9.17) is 0 Å². The molecule has 1 N–H and O–H groups in total. The summed E-state index contributed by atoms with van der Waals surface area (Å²) in [4.78, 5) is 12.1. The maximum Gasteiger partial charge on any atom is 0.573 e. The minimum absolute atomic E-state index is 0.107. The smallest absolute Gasteiger partial charge is 0.406 e. The zero-order chi connectivity index (χ0) is 13.7. The van der Waals surface area contributed by atoms with Gasteiger partial charge in [0.15, 0.2) is 0 Å². The van der Waals surface area contributed by atoms with Gasteiger partial charge in [-0.1, -0.05) is 12.8 Å². The Hall–Kier alpha value is -1.72. The van der Waals surface area contributed by atoms with Gasteiger partial charge in [0.05, 0.1) is 5.41 Å². The minimum atomic E-state index is -4.72. The van der Waals surface area contributed by atoms with Gasteiger partial charge in [0.2, 0.25) is 5.91 Å². The summed E-state index contributed by atoms with van der Waals surface area (Å²) in [5.74, 6) is -0.377. The van der Waals surface area contributed by atoms with E-state index in [0.717, 1.165) is 12.8 Å². The van der Waals surface area contributed by atoms with Crippen LogP contribution in [-0.4, -0.2) is 12.3 Å². The third-order valence-corrected chi connectivity index (χ3v) is 3.88. The lowest BCUT2D eigenvalue weighted by atomic mass is 9.80. The van der Waals surface area contributed by atoms with Gasteiger partial charge in [0.25, 0.3) is 0 Å². The fraction of sp³-hybridized carbons (Fsp3) is 0.462. The van der Waals surface area contributed by atoms with Gasteiger partial charge in [-0.3, -0.25) is 4.79 Å². The van der Waals surface area contributed by atoms with Crippen LogP contribution < -0.4 is 10.1 Å². The SMILES string of the molecule is O=C1Nc2ccc(OC(F)(F)F)cc2C12CCCC2. The highest BCUT2D eigenvalue weighted by Gasteiger charge is 2.48. The number of carbonyl (C=O) groups is 1. The third kappa shape index (κ3) is 1.95. The van der Waals surface area contributed by atoms with E-state index in [1.807, 2.05) is 0 Å². The number of hydrogen-bond acceptors (Lipinski definition) is 2. The molecule has 1 saturated carbocycles. The number of anilines is 1. The Bertz CT molecular complexity index is 533. The van der Waals surface area contributed by atoms with Gasteiger partial charge in [-0.25, -0.2) is 0 Å². The van der Waals surface area contributed by atoms with Gasteiger partial charge in [-0.15, -0.1) is 13.2 Å². The molecule has 0 atom stereocenters. The number of amides is 1. The van der Waals surface area contributed by atoms with Crippen LogP contribution >= 0.6 is 0 Å². The fourth-order valence-corrected chi connectivity index (χ4v) is 3.06. The van der Waals surface area contributed by atoms with E-state index in [2.05, 4.69) is 10.1 Å². The molecule has 0 bridgehead atoms. The highest BCUT2D eigenvalue weighted by molar-refractivity contribution is 6.06. The van der Waals surface area contributed by atoms with Gasteiger partial charge in [-0.2, -0.15) is 0 Å². The van der Waals surface area contributed by atoms with Crippen LogP contribution in [0, 0.1) is 0 Å². The average Bonchev–Trinajstić information content (AvgIpc) is 2.87. The summed E-state index contributed by atoms with van der Waals surface area (Å²) in [5.41, 5.74) is 0.582. The Morgan fingerprint density at radius 2 is 1.89 bits per heavy atom. The first kappa shape index (κ1) is 12.3. The Labute approximate surface area is 107 Å². The lowest BCUT2D eigenvalue weighted by Crippen LogP contribution is -2.31. The van der Waals surface area contributed by atoms with Crippen molar-refractivity contribution in [2.45, 2.75) is 37.5 Å². The molecule has 102 valence electrons. The molecule has 1 aliphatic heterocycles. The molecule has 0 aromatic heterocycles. The summed E-state index contributed by atoms with van der Waals surface area (Å²) in [6.07, 6.45) is -1.52. The van der Waals surface area contributed by atoms with Gasteiger partial charge in [0.1, 0.15) is 5.75 Å². The van der Waals surface area contributed by atoms with Crippen LogP contribution in [0.3, 0.4) is 0 Å². The van der Waals surface area contributed by atoms with Crippen molar-refractivity contribution in [2.24, 2.45) is 0 Å². The maximum atomic E-state index is 12.2. The summed E-state index contributed by atoms with van der Waals surface area (Å²) < 4.78 is 40.6. The number of rotatable bonds is 1. The molecule has 2 aliphatic rings. The Kier molecular flexibility index (Phi) is 2.52. The number of halogens is 3. The molecule has 19 heavy (non-hydrogen) atoms. The molecule has 1 amide bonds. The fourth-order valence-electron chi connectivity index (χ4n) is 3.06. The molecule has 1 spiro atoms. The standard InChI is InChI=1S/C13H12F3NO2/c14-13(15,16)19-8-3-4-10-9(7-8)12(11(18)17-10)5-1-2-6-12/h3-4,7H,1-2,5-6H2,(H,17,18). The number of benzene rings is 1. The third-order valence-electron chi connectivity index (χ3n) is 3.88. The van der Waals surface area contributed by atoms with Crippen molar-refractivity contribution in [3.05, 3.63) is 23.8 Å². The van der Waals surface area contributed by atoms with Crippen LogP contribution in [-0.2, 0) is 10.2 Å². The van der Waals surface area contributed by atoms with Crippen molar-refractivity contribution in [2.75, 3.05) is 5.32 Å². The van der Waals surface area contributed by atoms with E-state index < -0.39 is 11.8 Å². The number of hydrogen-bond donors (Lipinski definition) is 1. The zero-order valence-electron chi connectivity index (χ0n) is 10.0. The van der Waals surface area contributed by atoms with Crippen LogP contribution in [0.2, 0.25) is 0 Å². The van der Waals surface area contributed by atoms with E-state index in [1.165, 1.54) is 18.2 Å². The molecule has 0 radical (unpaired) electrons. The number of carbonyl (C=O) groups excluding carboxylic acids is 1. The zero-order valence-corrected chi connectivity index (χ0v) is 10.0. The first-order valence-electron chi connectivity index (χ1n) is 6.12. The molecular weight excluding hydrogens is 259 g/mol. The van der Waals surface area contributed by atoms with E-state index in [1.54, 1.807) is 0 Å². The summed E-state index contributed by atoms with van der Waals surface area (Å²) >= 11 is 0. The summed E-state index contributed by atoms with van der Waals surface area (Å²) in [7, 11) is 0. The lowest BCUT2D eigenvalue weighted by molar-refractivity contribution is -0.274. The topological polar surface area (TPSA) is 38.3 Å². The molecule has 1 aromatic rings. The number of ether oxygens (including phenoxy) is 1. The normalized spacial score (nSPS) is 20.5. The van der Waals surface area contributed by atoms with E-state index in [9.17, 15) is 18.0 Å². The van der Waals surface area contributed by atoms with Crippen molar-refractivity contribution >= 4 is 11.6 Å². The number of fused-ring (bicyclic) bond motifs is 2. The van der Waals surface area contributed by atoms with Gasteiger partial charge in [0, 0.05) is 5.69 Å². The Morgan fingerprint density at radius 1 is 1.21 bits per heavy atom. The molecule has 1 aliphatic carbocycles. The van der Waals surface area contributed by atoms with E-state index in [-0.39, 0.29) is 11.7 Å². The van der Waals surface area contributed by atoms with Crippen LogP contribution in [0.5, 0.6) is 5.75 Å². The lowest BCUT2D eigenvalue weighted by Gasteiger charge is -2.21. The average molecular weight is 271 g/mol. The molecule has 0 saturated heterocycles. The number of nitrogens with one attached hydrogen (secondary N) is 1. The quantitative estimate of drug-likeness (QED) is 0.850. The largest absolute Gasteiger partial charge is 0.573 e. The monoisotopic (exact) mass is 271 g/mol. The molecule has 0 unspecified atom stereocenters. The first-order valence-corrected chi connectivity index (χ1v) is 6.12. The van der Waals surface area contributed by atoms with Crippen molar-refractivity contribution in [3.63, 3.8) is 0 Å². The van der Waals surface area contributed by atoms with Crippen LogP contribution in [0.15, 0.2) is 18.2 Å². The van der Waals surface area contributed by atoms with Crippen LogP contribution in [0.4, 0.5) is 18.9 Å². The summed E-state index contributed by atoms with van der Waals surface area (Å²) in [5, 5.41) is 2.74. The molecule has 6 heteroatoms. The van der Waals surface area contributed by atoms with Crippen LogP contribution in [0.1, 0.15) is 31.2 Å². The van der Waals surface area contributed by atoms with E-state index in [0.29, 0.717) is 24.1 Å². The maximum absolute atomic E-state index is 12.2. The molecule has 3 nitrogen and oxygen atoms in total. The second-order valence-corrected chi connectivity index (χ2v) is 5.00. The molecule has 3 rings (SSSR count). The molecule has 1 heterocycles. The van der Waals surface area contributed by atoms with Crippen LogP contribution in [0.25, 0.3) is 0 Å². The number of alkyl halides is 3. The van der Waals surface area contributed by atoms with Gasteiger partial charge >= 0.3 is 6.36 Å². The van der Waals surface area contributed by atoms with Gasteiger partial charge in [-0.05, 0) is 36.6 Å². The van der Waals surface area contributed by atoms with Crippen molar-refractivity contribution in [3.8, 4) is 5.75 Å². The predicted octanol–water partition coefficient (Wildman–Crippen LogP) is 3.35. The molecule has 1 fully saturated rings. The Morgan fingerprint density at radius 3 is 2.53 bits per heavy atom. The second-order valence-electron chi connectivity index (χ2n) is 5.00. The first-order chi connectivity index (χ1) is 8.91. The summed E-state index contributed by atoms with van der Waals surface area (Å²) in [6, 6.07) is 4.04. The van der Waals surface area contributed by atoms with Crippen molar-refractivity contribution < 1.29 is 22.7 Å².